The van der Waals surface area contributed by atoms with Crippen LogP contribution in [0.2, 0.25) is 5.02 Å². The Morgan fingerprint density at radius 1 is 1.36 bits per heavy atom. The van der Waals surface area contributed by atoms with Crippen molar-refractivity contribution in [2.75, 3.05) is 19.4 Å². The van der Waals surface area contributed by atoms with Crippen molar-refractivity contribution in [3.63, 3.8) is 0 Å². The van der Waals surface area contributed by atoms with E-state index in [9.17, 15) is 13.6 Å². The molecular formula is C19H19ClF2N4O2. The fourth-order valence-electron chi connectivity index (χ4n) is 2.83. The average molecular weight is 409 g/mol. The van der Waals surface area contributed by atoms with Crippen LogP contribution in [0.4, 0.5) is 20.3 Å². The Bertz CT molecular complexity index is 1020. The normalized spacial score (nSPS) is 11.1. The van der Waals surface area contributed by atoms with Gasteiger partial charge in [-0.25, -0.2) is 4.98 Å². The van der Waals surface area contributed by atoms with Crippen molar-refractivity contribution in [2.24, 2.45) is 0 Å². The van der Waals surface area contributed by atoms with Gasteiger partial charge in [0.05, 0.1) is 11.2 Å². The van der Waals surface area contributed by atoms with Gasteiger partial charge < -0.3 is 19.5 Å². The Labute approximate surface area is 165 Å². The number of aryl methyl sites for hydroxylation is 1. The first kappa shape index (κ1) is 19.9. The van der Waals surface area contributed by atoms with Crippen LogP contribution in [0.5, 0.6) is 5.75 Å². The minimum Gasteiger partial charge on any atom is -0.433 e. The molecule has 9 heteroatoms. The van der Waals surface area contributed by atoms with Crippen molar-refractivity contribution in [2.45, 2.75) is 20.1 Å². The quantitative estimate of drug-likeness (QED) is 0.655. The van der Waals surface area contributed by atoms with E-state index in [-0.39, 0.29) is 18.2 Å². The molecule has 0 aliphatic rings. The number of hydrogen-bond acceptors (Lipinski definition) is 4. The standard InChI is InChI=1S/C19H19ClF2N4O2/c1-11-8-12(20)9-15(28-19(21)22)17(11)24-18-13-5-7-26(10-16(27)25(2)3)14(13)4-6-23-18/h4-9,19H,10H2,1-3H3,(H,23,24). The molecule has 0 atom stereocenters. The Hall–Kier alpha value is -2.87. The minimum atomic E-state index is -2.99. The number of carbonyl (C=O) groups excluding carboxylic acids is 1. The summed E-state index contributed by atoms with van der Waals surface area (Å²) in [5, 5.41) is 4.10. The molecule has 0 saturated carbocycles. The molecular weight excluding hydrogens is 390 g/mol. The zero-order chi connectivity index (χ0) is 20.4. The lowest BCUT2D eigenvalue weighted by Crippen LogP contribution is -2.25. The van der Waals surface area contributed by atoms with E-state index >= 15 is 0 Å². The molecule has 1 aromatic carbocycles. The zero-order valence-electron chi connectivity index (χ0n) is 15.5. The topological polar surface area (TPSA) is 59.4 Å². The van der Waals surface area contributed by atoms with Crippen molar-refractivity contribution in [3.8, 4) is 5.75 Å². The molecule has 28 heavy (non-hydrogen) atoms. The minimum absolute atomic E-state index is 0.0509. The lowest BCUT2D eigenvalue weighted by Gasteiger charge is -2.16. The zero-order valence-corrected chi connectivity index (χ0v) is 16.3. The molecule has 0 aliphatic heterocycles. The highest BCUT2D eigenvalue weighted by atomic mass is 35.5. The molecule has 0 saturated heterocycles. The second kappa shape index (κ2) is 8.02. The summed E-state index contributed by atoms with van der Waals surface area (Å²) < 4.78 is 32.0. The summed E-state index contributed by atoms with van der Waals surface area (Å²) in [6.07, 6.45) is 3.37. The Morgan fingerprint density at radius 3 is 2.79 bits per heavy atom. The molecule has 0 fully saturated rings. The van der Waals surface area contributed by atoms with Crippen molar-refractivity contribution in [1.82, 2.24) is 14.5 Å². The molecule has 0 unspecified atom stereocenters. The van der Waals surface area contributed by atoms with E-state index in [1.165, 1.54) is 11.0 Å². The van der Waals surface area contributed by atoms with Crippen LogP contribution in [-0.4, -0.2) is 41.1 Å². The molecule has 0 bridgehead atoms. The van der Waals surface area contributed by atoms with Crippen LogP contribution in [0.1, 0.15) is 5.56 Å². The summed E-state index contributed by atoms with van der Waals surface area (Å²) in [7, 11) is 3.38. The number of anilines is 2. The van der Waals surface area contributed by atoms with Gasteiger partial charge in [0.15, 0.2) is 5.75 Å². The third-order valence-electron chi connectivity index (χ3n) is 4.23. The van der Waals surface area contributed by atoms with E-state index in [2.05, 4.69) is 15.0 Å². The first-order valence-electron chi connectivity index (χ1n) is 8.42. The van der Waals surface area contributed by atoms with Crippen LogP contribution >= 0.6 is 11.6 Å². The van der Waals surface area contributed by atoms with Gasteiger partial charge in [-0.05, 0) is 30.7 Å². The molecule has 148 valence electrons. The van der Waals surface area contributed by atoms with Gasteiger partial charge in [-0.15, -0.1) is 0 Å². The number of halogens is 3. The lowest BCUT2D eigenvalue weighted by atomic mass is 10.1. The number of alkyl halides is 2. The van der Waals surface area contributed by atoms with Crippen molar-refractivity contribution < 1.29 is 18.3 Å². The maximum Gasteiger partial charge on any atom is 0.387 e. The SMILES string of the molecule is Cc1cc(Cl)cc(OC(F)F)c1Nc1nccc2c1ccn2CC(=O)N(C)C. The number of likely N-dealkylation sites (N-methyl/N-ethyl adjacent to an activating group) is 1. The van der Waals surface area contributed by atoms with Gasteiger partial charge in [0.2, 0.25) is 5.91 Å². The van der Waals surface area contributed by atoms with Gasteiger partial charge in [0.25, 0.3) is 0 Å². The summed E-state index contributed by atoms with van der Waals surface area (Å²) in [4.78, 5) is 17.9. The fraction of sp³-hybridized carbons (Fsp3) is 0.263. The summed E-state index contributed by atoms with van der Waals surface area (Å²) in [5.41, 5.74) is 1.77. The van der Waals surface area contributed by atoms with Gasteiger partial charge in [-0.2, -0.15) is 8.78 Å². The average Bonchev–Trinajstić information content (AvgIpc) is 3.01. The van der Waals surface area contributed by atoms with Crippen LogP contribution in [0.25, 0.3) is 10.9 Å². The van der Waals surface area contributed by atoms with Crippen molar-refractivity contribution in [3.05, 3.63) is 47.2 Å². The number of amides is 1. The van der Waals surface area contributed by atoms with Crippen LogP contribution in [0, 0.1) is 6.92 Å². The van der Waals surface area contributed by atoms with Crippen LogP contribution in [-0.2, 0) is 11.3 Å². The number of carbonyl (C=O) groups is 1. The predicted octanol–water partition coefficient (Wildman–Crippen LogP) is 4.43. The number of nitrogens with zero attached hydrogens (tertiary/aromatic N) is 3. The van der Waals surface area contributed by atoms with E-state index in [4.69, 9.17) is 11.6 Å². The highest BCUT2D eigenvalue weighted by Gasteiger charge is 2.16. The summed E-state index contributed by atoms with van der Waals surface area (Å²) in [6.45, 7) is -1.08. The number of rotatable bonds is 6. The molecule has 6 nitrogen and oxygen atoms in total. The number of pyridine rings is 1. The van der Waals surface area contributed by atoms with Crippen molar-refractivity contribution >= 4 is 39.9 Å². The first-order valence-corrected chi connectivity index (χ1v) is 8.80. The number of nitrogens with one attached hydrogen (secondary N) is 1. The molecule has 2 aromatic heterocycles. The van der Waals surface area contributed by atoms with Crippen molar-refractivity contribution in [1.29, 1.82) is 0 Å². The first-order chi connectivity index (χ1) is 13.3. The third-order valence-corrected chi connectivity index (χ3v) is 4.44. The molecule has 0 spiro atoms. The summed E-state index contributed by atoms with van der Waals surface area (Å²) in [6, 6.07) is 6.56. The molecule has 1 N–H and O–H groups in total. The second-order valence-electron chi connectivity index (χ2n) is 6.42. The maximum absolute atomic E-state index is 12.8. The summed E-state index contributed by atoms with van der Waals surface area (Å²) >= 11 is 5.97. The highest BCUT2D eigenvalue weighted by molar-refractivity contribution is 6.31. The van der Waals surface area contributed by atoms with E-state index < -0.39 is 6.61 Å². The Kier molecular flexibility index (Phi) is 5.69. The molecule has 1 amide bonds. The van der Waals surface area contributed by atoms with Gasteiger partial charge in [-0.1, -0.05) is 11.6 Å². The van der Waals surface area contributed by atoms with E-state index in [0.29, 0.717) is 22.1 Å². The fourth-order valence-corrected chi connectivity index (χ4v) is 3.09. The summed E-state index contributed by atoms with van der Waals surface area (Å²) in [5.74, 6) is 0.337. The smallest absolute Gasteiger partial charge is 0.387 e. The number of ether oxygens (including phenoxy) is 1. The Morgan fingerprint density at radius 2 is 2.11 bits per heavy atom. The van der Waals surface area contributed by atoms with Gasteiger partial charge in [-0.3, -0.25) is 4.79 Å². The maximum atomic E-state index is 12.8. The second-order valence-corrected chi connectivity index (χ2v) is 6.86. The van der Waals surface area contributed by atoms with Crippen LogP contribution in [0.15, 0.2) is 36.7 Å². The molecule has 3 rings (SSSR count). The van der Waals surface area contributed by atoms with Crippen LogP contribution < -0.4 is 10.1 Å². The number of benzene rings is 1. The van der Waals surface area contributed by atoms with Crippen LogP contribution in [0.3, 0.4) is 0 Å². The third kappa shape index (κ3) is 4.17. The highest BCUT2D eigenvalue weighted by Crippen LogP contribution is 2.36. The number of fused-ring (bicyclic) bond motifs is 1. The molecule has 3 aromatic rings. The largest absolute Gasteiger partial charge is 0.433 e. The lowest BCUT2D eigenvalue weighted by molar-refractivity contribution is -0.129. The Balaban J connectivity index is 2.00. The molecule has 0 radical (unpaired) electrons. The number of aromatic nitrogens is 2. The van der Waals surface area contributed by atoms with E-state index in [1.807, 2.05) is 6.07 Å². The predicted molar refractivity (Wildman–Crippen MR) is 105 cm³/mol. The van der Waals surface area contributed by atoms with E-state index in [0.717, 1.165) is 10.9 Å². The number of hydrogen-bond donors (Lipinski definition) is 1. The van der Waals surface area contributed by atoms with Gasteiger partial charge >= 0.3 is 6.61 Å². The van der Waals surface area contributed by atoms with Gasteiger partial charge in [0.1, 0.15) is 12.4 Å². The van der Waals surface area contributed by atoms with E-state index in [1.54, 1.807) is 50.1 Å². The monoisotopic (exact) mass is 408 g/mol. The van der Waals surface area contributed by atoms with Gasteiger partial charge in [0, 0.05) is 43.0 Å². The molecule has 0 aliphatic carbocycles. The molecule has 2 heterocycles.